The maximum Gasteiger partial charge on any atom is 0.214 e. The summed E-state index contributed by atoms with van der Waals surface area (Å²) in [5.41, 5.74) is 6.72. The lowest BCUT2D eigenvalue weighted by Crippen LogP contribution is -2.18. The van der Waals surface area contributed by atoms with Crippen molar-refractivity contribution in [3.63, 3.8) is 0 Å². The molecule has 160 valence electrons. The first-order valence-electron chi connectivity index (χ1n) is 10.1. The molecule has 0 atom stereocenters. The van der Waals surface area contributed by atoms with Crippen molar-refractivity contribution in [2.45, 2.75) is 46.8 Å². The van der Waals surface area contributed by atoms with Crippen LogP contribution in [0, 0.1) is 11.7 Å². The Hall–Kier alpha value is -2.32. The molecule has 1 aromatic heterocycles. The summed E-state index contributed by atoms with van der Waals surface area (Å²) in [4.78, 5) is 0. The summed E-state index contributed by atoms with van der Waals surface area (Å²) in [5, 5.41) is 7.13. The Kier molecular flexibility index (Phi) is 7.93. The standard InChI is InChI=1S/C22H27BrN4O2S/c1-4-7-21-25-26-22(30)27(21)24-13-17-11-19(28-5-2)20(12-18(17)23)29-14-16-9-6-8-15(3)10-16/h6,8-12,24H,4-5,7,13-14H2,1-3H3,(H,26,30). The van der Waals surface area contributed by atoms with Crippen molar-refractivity contribution >= 4 is 28.1 Å². The zero-order valence-electron chi connectivity index (χ0n) is 17.5. The molecule has 8 heteroatoms. The Balaban J connectivity index is 1.77. The molecule has 30 heavy (non-hydrogen) atoms. The van der Waals surface area contributed by atoms with Crippen LogP contribution in [-0.2, 0) is 19.6 Å². The molecule has 0 spiro atoms. The molecule has 6 nitrogen and oxygen atoms in total. The second-order valence-electron chi connectivity index (χ2n) is 6.97. The lowest BCUT2D eigenvalue weighted by Gasteiger charge is -2.16. The van der Waals surface area contributed by atoms with Gasteiger partial charge in [0.05, 0.1) is 13.2 Å². The van der Waals surface area contributed by atoms with Gasteiger partial charge in [-0.15, -0.1) is 0 Å². The molecule has 0 aliphatic carbocycles. The topological polar surface area (TPSA) is 64.1 Å². The lowest BCUT2D eigenvalue weighted by molar-refractivity contribution is 0.269. The number of nitrogens with zero attached hydrogens (tertiary/aromatic N) is 2. The Labute approximate surface area is 190 Å². The number of nitrogens with one attached hydrogen (secondary N) is 2. The molecule has 0 aliphatic heterocycles. The van der Waals surface area contributed by atoms with Gasteiger partial charge in [0.2, 0.25) is 4.77 Å². The molecule has 2 N–H and O–H groups in total. The zero-order valence-corrected chi connectivity index (χ0v) is 19.9. The van der Waals surface area contributed by atoms with Crippen LogP contribution in [0.1, 0.15) is 42.8 Å². The molecule has 0 unspecified atom stereocenters. The van der Waals surface area contributed by atoms with E-state index in [2.05, 4.69) is 63.6 Å². The average molecular weight is 491 g/mol. The van der Waals surface area contributed by atoms with Crippen LogP contribution in [0.2, 0.25) is 0 Å². The number of rotatable bonds is 10. The first-order valence-corrected chi connectivity index (χ1v) is 11.3. The number of benzene rings is 2. The highest BCUT2D eigenvalue weighted by Crippen LogP contribution is 2.34. The highest BCUT2D eigenvalue weighted by atomic mass is 79.9. The van der Waals surface area contributed by atoms with Gasteiger partial charge < -0.3 is 14.9 Å². The normalized spacial score (nSPS) is 10.8. The molecule has 0 saturated carbocycles. The number of hydrogen-bond acceptors (Lipinski definition) is 5. The number of hydrogen-bond donors (Lipinski definition) is 2. The van der Waals surface area contributed by atoms with Crippen LogP contribution in [0.15, 0.2) is 40.9 Å². The van der Waals surface area contributed by atoms with Gasteiger partial charge in [0, 0.05) is 10.9 Å². The van der Waals surface area contributed by atoms with Crippen molar-refractivity contribution in [2.75, 3.05) is 12.0 Å². The van der Waals surface area contributed by atoms with Crippen LogP contribution in [0.3, 0.4) is 0 Å². The summed E-state index contributed by atoms with van der Waals surface area (Å²) >= 11 is 9.01. The Morgan fingerprint density at radius 3 is 2.70 bits per heavy atom. The lowest BCUT2D eigenvalue weighted by atomic mass is 10.1. The van der Waals surface area contributed by atoms with Gasteiger partial charge in [0.15, 0.2) is 17.3 Å². The zero-order chi connectivity index (χ0) is 21.5. The molecule has 3 rings (SSSR count). The number of ether oxygens (including phenoxy) is 2. The molecule has 0 bridgehead atoms. The maximum atomic E-state index is 6.07. The Morgan fingerprint density at radius 1 is 1.17 bits per heavy atom. The van der Waals surface area contributed by atoms with Gasteiger partial charge in [0.1, 0.15) is 6.61 Å². The highest BCUT2D eigenvalue weighted by molar-refractivity contribution is 9.10. The van der Waals surface area contributed by atoms with Crippen LogP contribution in [0.5, 0.6) is 11.5 Å². The SMILES string of the molecule is CCCc1n[nH]c(=S)n1NCc1cc(OCC)c(OCc2cccc(C)c2)cc1Br. The predicted molar refractivity (Wildman–Crippen MR) is 125 cm³/mol. The molecule has 2 aromatic carbocycles. The molecule has 1 heterocycles. The number of aryl methyl sites for hydroxylation is 2. The fraction of sp³-hybridized carbons (Fsp3) is 0.364. The van der Waals surface area contributed by atoms with E-state index in [0.717, 1.165) is 40.0 Å². The van der Waals surface area contributed by atoms with E-state index in [1.54, 1.807) is 0 Å². The van der Waals surface area contributed by atoms with E-state index >= 15 is 0 Å². The first-order chi connectivity index (χ1) is 14.5. The third-order valence-electron chi connectivity index (χ3n) is 4.53. The molecule has 0 aliphatic rings. The Morgan fingerprint density at radius 2 is 1.97 bits per heavy atom. The summed E-state index contributed by atoms with van der Waals surface area (Å²) in [6, 6.07) is 12.2. The number of H-pyrrole nitrogens is 1. The molecule has 0 fully saturated rings. The molecular formula is C22H27BrN4O2S. The van der Waals surface area contributed by atoms with E-state index < -0.39 is 0 Å². The second-order valence-corrected chi connectivity index (χ2v) is 8.21. The van der Waals surface area contributed by atoms with E-state index in [1.807, 2.05) is 29.8 Å². The van der Waals surface area contributed by atoms with E-state index in [1.165, 1.54) is 5.56 Å². The summed E-state index contributed by atoms with van der Waals surface area (Å²) in [6.45, 7) is 7.75. The quantitative estimate of drug-likeness (QED) is 0.357. The fourth-order valence-electron chi connectivity index (χ4n) is 3.10. The molecule has 3 aromatic rings. The van der Waals surface area contributed by atoms with Crippen LogP contribution in [0.25, 0.3) is 0 Å². The average Bonchev–Trinajstić information content (AvgIpc) is 3.07. The molecule has 0 amide bonds. The van der Waals surface area contributed by atoms with E-state index in [-0.39, 0.29) is 0 Å². The molecule has 0 saturated heterocycles. The largest absolute Gasteiger partial charge is 0.490 e. The minimum Gasteiger partial charge on any atom is -0.490 e. The van der Waals surface area contributed by atoms with Crippen molar-refractivity contribution in [1.82, 2.24) is 14.9 Å². The minimum atomic E-state index is 0.482. The van der Waals surface area contributed by atoms with Crippen molar-refractivity contribution in [1.29, 1.82) is 0 Å². The van der Waals surface area contributed by atoms with Gasteiger partial charge in [0.25, 0.3) is 0 Å². The van der Waals surface area contributed by atoms with E-state index in [4.69, 9.17) is 21.7 Å². The smallest absolute Gasteiger partial charge is 0.214 e. The maximum absolute atomic E-state index is 6.07. The minimum absolute atomic E-state index is 0.482. The van der Waals surface area contributed by atoms with Crippen LogP contribution in [0.4, 0.5) is 0 Å². The number of aromatic nitrogens is 3. The van der Waals surface area contributed by atoms with Gasteiger partial charge >= 0.3 is 0 Å². The Bertz CT molecular complexity index is 1050. The summed E-state index contributed by atoms with van der Waals surface area (Å²) in [6.07, 6.45) is 1.84. The van der Waals surface area contributed by atoms with Crippen molar-refractivity contribution in [3.8, 4) is 11.5 Å². The summed E-state index contributed by atoms with van der Waals surface area (Å²) in [5.74, 6) is 2.32. The third-order valence-corrected chi connectivity index (χ3v) is 5.54. The van der Waals surface area contributed by atoms with Gasteiger partial charge in [-0.2, -0.15) is 5.10 Å². The van der Waals surface area contributed by atoms with Crippen molar-refractivity contribution < 1.29 is 9.47 Å². The summed E-state index contributed by atoms with van der Waals surface area (Å²) in [7, 11) is 0. The predicted octanol–water partition coefficient (Wildman–Crippen LogP) is 5.69. The number of aromatic amines is 1. The van der Waals surface area contributed by atoms with Crippen LogP contribution >= 0.6 is 28.1 Å². The van der Waals surface area contributed by atoms with E-state index in [9.17, 15) is 0 Å². The van der Waals surface area contributed by atoms with Crippen LogP contribution < -0.4 is 14.9 Å². The molecular weight excluding hydrogens is 464 g/mol. The molecule has 0 radical (unpaired) electrons. The number of halogens is 1. The van der Waals surface area contributed by atoms with Gasteiger partial charge in [-0.05, 0) is 55.7 Å². The highest BCUT2D eigenvalue weighted by Gasteiger charge is 2.13. The van der Waals surface area contributed by atoms with Crippen LogP contribution in [-0.4, -0.2) is 21.5 Å². The van der Waals surface area contributed by atoms with Gasteiger partial charge in [-0.3, -0.25) is 5.10 Å². The third kappa shape index (κ3) is 5.64. The first kappa shape index (κ1) is 22.4. The van der Waals surface area contributed by atoms with Gasteiger partial charge in [-0.1, -0.05) is 52.7 Å². The monoisotopic (exact) mass is 490 g/mol. The van der Waals surface area contributed by atoms with Crippen molar-refractivity contribution in [3.05, 3.63) is 68.2 Å². The van der Waals surface area contributed by atoms with Crippen molar-refractivity contribution in [2.24, 2.45) is 0 Å². The second kappa shape index (κ2) is 10.6. The fourth-order valence-corrected chi connectivity index (χ4v) is 3.78. The summed E-state index contributed by atoms with van der Waals surface area (Å²) < 4.78 is 15.2. The van der Waals surface area contributed by atoms with Gasteiger partial charge in [-0.25, -0.2) is 4.68 Å². The van der Waals surface area contributed by atoms with E-state index in [0.29, 0.717) is 30.3 Å².